The van der Waals surface area contributed by atoms with Crippen molar-refractivity contribution in [2.45, 2.75) is 46.2 Å². The standard InChI is InChI=1S/C22H31N3O2/c1-14-7-6-8-20(23-14)22(26)24-18-11-12-25(13-18)17(4)19-9-10-21(27-5)16(3)15(19)2/h6-10,15-18H,11-13H2,1-5H3,(H,24,26)/t15?,16?,17?,18-/m1/s1. The van der Waals surface area contributed by atoms with E-state index in [9.17, 15) is 4.79 Å². The highest BCUT2D eigenvalue weighted by Gasteiger charge is 2.33. The van der Waals surface area contributed by atoms with Gasteiger partial charge in [-0.3, -0.25) is 9.69 Å². The highest BCUT2D eigenvalue weighted by molar-refractivity contribution is 5.92. The number of allylic oxidation sites excluding steroid dienone is 3. The number of hydrogen-bond acceptors (Lipinski definition) is 4. The molecule has 2 aliphatic rings. The fourth-order valence-electron chi connectivity index (χ4n) is 4.19. The summed E-state index contributed by atoms with van der Waals surface area (Å²) < 4.78 is 5.49. The monoisotopic (exact) mass is 369 g/mol. The highest BCUT2D eigenvalue weighted by Crippen LogP contribution is 2.35. The summed E-state index contributed by atoms with van der Waals surface area (Å²) in [5, 5.41) is 3.15. The zero-order valence-corrected chi connectivity index (χ0v) is 17.0. The Hall–Kier alpha value is -2.14. The van der Waals surface area contributed by atoms with Crippen molar-refractivity contribution in [1.82, 2.24) is 15.2 Å². The van der Waals surface area contributed by atoms with Crippen molar-refractivity contribution in [3.05, 3.63) is 53.1 Å². The number of nitrogens with one attached hydrogen (secondary N) is 1. The topological polar surface area (TPSA) is 54.5 Å². The maximum atomic E-state index is 12.5. The smallest absolute Gasteiger partial charge is 0.270 e. The second-order valence-electron chi connectivity index (χ2n) is 7.81. The van der Waals surface area contributed by atoms with Crippen LogP contribution in [0.15, 0.2) is 41.7 Å². The molecule has 0 saturated carbocycles. The van der Waals surface area contributed by atoms with Gasteiger partial charge < -0.3 is 10.1 Å². The number of rotatable bonds is 5. The van der Waals surface area contributed by atoms with E-state index in [-0.39, 0.29) is 11.9 Å². The number of aryl methyl sites for hydroxylation is 1. The average molecular weight is 370 g/mol. The molecule has 1 aromatic heterocycles. The second kappa shape index (κ2) is 8.26. The van der Waals surface area contributed by atoms with Crippen molar-refractivity contribution in [1.29, 1.82) is 0 Å². The van der Waals surface area contributed by atoms with E-state index in [0.29, 0.717) is 23.6 Å². The molecule has 0 spiro atoms. The number of likely N-dealkylation sites (tertiary alicyclic amines) is 1. The molecule has 5 nitrogen and oxygen atoms in total. The number of hydrogen-bond donors (Lipinski definition) is 1. The first-order valence-electron chi connectivity index (χ1n) is 9.85. The van der Waals surface area contributed by atoms with Crippen LogP contribution in [-0.2, 0) is 4.74 Å². The molecule has 1 N–H and O–H groups in total. The van der Waals surface area contributed by atoms with Gasteiger partial charge in [0.05, 0.1) is 12.9 Å². The summed E-state index contributed by atoms with van der Waals surface area (Å²) in [5.74, 6) is 1.81. The number of ether oxygens (including phenoxy) is 1. The Morgan fingerprint density at radius 2 is 2.07 bits per heavy atom. The van der Waals surface area contributed by atoms with E-state index in [1.54, 1.807) is 13.2 Å². The lowest BCUT2D eigenvalue weighted by atomic mass is 9.80. The molecule has 5 heteroatoms. The summed E-state index contributed by atoms with van der Waals surface area (Å²) in [6.07, 6.45) is 5.30. The first-order valence-corrected chi connectivity index (χ1v) is 9.85. The minimum Gasteiger partial charge on any atom is -0.501 e. The minimum atomic E-state index is -0.0789. The van der Waals surface area contributed by atoms with Crippen LogP contribution in [0.5, 0.6) is 0 Å². The Balaban J connectivity index is 1.61. The molecule has 1 fully saturated rings. The SMILES string of the molecule is COC1=CC=C(C(C)N2CC[C@@H](NC(=O)c3cccc(C)n3)C2)C(C)C1C. The lowest BCUT2D eigenvalue weighted by molar-refractivity contribution is 0.0931. The molecular weight excluding hydrogens is 338 g/mol. The van der Waals surface area contributed by atoms with Crippen LogP contribution in [0, 0.1) is 18.8 Å². The Kier molecular flexibility index (Phi) is 6.00. The van der Waals surface area contributed by atoms with Crippen molar-refractivity contribution in [3.8, 4) is 0 Å². The third kappa shape index (κ3) is 4.24. The molecular formula is C22H31N3O2. The van der Waals surface area contributed by atoms with Gasteiger partial charge in [-0.15, -0.1) is 0 Å². The molecule has 0 radical (unpaired) electrons. The van der Waals surface area contributed by atoms with Gasteiger partial charge in [-0.1, -0.05) is 26.0 Å². The molecule has 0 bridgehead atoms. The van der Waals surface area contributed by atoms with E-state index in [4.69, 9.17) is 4.74 Å². The molecule has 3 unspecified atom stereocenters. The van der Waals surface area contributed by atoms with Crippen LogP contribution in [0.2, 0.25) is 0 Å². The summed E-state index contributed by atoms with van der Waals surface area (Å²) in [6, 6.07) is 6.08. The maximum absolute atomic E-state index is 12.5. The predicted octanol–water partition coefficient (Wildman–Crippen LogP) is 3.33. The van der Waals surface area contributed by atoms with Gasteiger partial charge in [0, 0.05) is 36.8 Å². The summed E-state index contributed by atoms with van der Waals surface area (Å²) in [5.41, 5.74) is 2.80. The lowest BCUT2D eigenvalue weighted by Gasteiger charge is -2.35. The fourth-order valence-corrected chi connectivity index (χ4v) is 4.19. The number of nitrogens with zero attached hydrogens (tertiary/aromatic N) is 2. The summed E-state index contributed by atoms with van der Waals surface area (Å²) in [6.45, 7) is 10.5. The molecule has 1 aliphatic heterocycles. The van der Waals surface area contributed by atoms with E-state index in [1.165, 1.54) is 5.57 Å². The van der Waals surface area contributed by atoms with Gasteiger partial charge in [-0.2, -0.15) is 0 Å². The van der Waals surface area contributed by atoms with Crippen molar-refractivity contribution in [2.24, 2.45) is 11.8 Å². The van der Waals surface area contributed by atoms with Gasteiger partial charge in [0.1, 0.15) is 5.69 Å². The zero-order valence-electron chi connectivity index (χ0n) is 17.0. The minimum absolute atomic E-state index is 0.0789. The largest absolute Gasteiger partial charge is 0.501 e. The van der Waals surface area contributed by atoms with Crippen molar-refractivity contribution in [2.75, 3.05) is 20.2 Å². The zero-order chi connectivity index (χ0) is 19.6. The van der Waals surface area contributed by atoms with Crippen molar-refractivity contribution in [3.63, 3.8) is 0 Å². The fraction of sp³-hybridized carbons (Fsp3) is 0.545. The predicted molar refractivity (Wildman–Crippen MR) is 107 cm³/mol. The molecule has 146 valence electrons. The summed E-state index contributed by atoms with van der Waals surface area (Å²) >= 11 is 0. The summed E-state index contributed by atoms with van der Waals surface area (Å²) in [4.78, 5) is 19.3. The first kappa shape index (κ1) is 19.6. The highest BCUT2D eigenvalue weighted by atomic mass is 16.5. The Morgan fingerprint density at radius 1 is 1.30 bits per heavy atom. The molecule has 1 aromatic rings. The molecule has 0 aromatic carbocycles. The van der Waals surface area contributed by atoms with Gasteiger partial charge in [0.2, 0.25) is 0 Å². The molecule has 27 heavy (non-hydrogen) atoms. The maximum Gasteiger partial charge on any atom is 0.270 e. The van der Waals surface area contributed by atoms with E-state index >= 15 is 0 Å². The van der Waals surface area contributed by atoms with E-state index in [2.05, 4.69) is 48.1 Å². The van der Waals surface area contributed by atoms with Crippen LogP contribution in [0.1, 0.15) is 43.4 Å². The molecule has 4 atom stereocenters. The first-order chi connectivity index (χ1) is 12.9. The van der Waals surface area contributed by atoms with Crippen LogP contribution in [0.25, 0.3) is 0 Å². The van der Waals surface area contributed by atoms with Gasteiger partial charge in [-0.25, -0.2) is 4.98 Å². The van der Waals surface area contributed by atoms with Crippen LogP contribution >= 0.6 is 0 Å². The third-order valence-electron chi connectivity index (χ3n) is 6.11. The van der Waals surface area contributed by atoms with E-state index in [1.807, 2.05) is 19.1 Å². The van der Waals surface area contributed by atoms with Crippen LogP contribution in [0.4, 0.5) is 0 Å². The van der Waals surface area contributed by atoms with Gasteiger partial charge in [-0.05, 0) is 50.0 Å². The number of carbonyl (C=O) groups excluding carboxylic acids is 1. The Bertz CT molecular complexity index is 756. The molecule has 1 amide bonds. The third-order valence-corrected chi connectivity index (χ3v) is 6.11. The lowest BCUT2D eigenvalue weighted by Crippen LogP contribution is -2.41. The Labute approximate surface area is 162 Å². The average Bonchev–Trinajstić information content (AvgIpc) is 3.12. The molecule has 1 saturated heterocycles. The van der Waals surface area contributed by atoms with Crippen molar-refractivity contribution >= 4 is 5.91 Å². The summed E-state index contributed by atoms with van der Waals surface area (Å²) in [7, 11) is 1.74. The molecule has 1 aliphatic carbocycles. The Morgan fingerprint density at radius 3 is 2.78 bits per heavy atom. The van der Waals surface area contributed by atoms with E-state index < -0.39 is 0 Å². The molecule has 3 rings (SSSR count). The van der Waals surface area contributed by atoms with Crippen LogP contribution in [0.3, 0.4) is 0 Å². The van der Waals surface area contributed by atoms with Gasteiger partial charge in [0.25, 0.3) is 5.91 Å². The number of aromatic nitrogens is 1. The molecule has 2 heterocycles. The number of carbonyl (C=O) groups is 1. The van der Waals surface area contributed by atoms with Crippen LogP contribution < -0.4 is 5.32 Å². The normalized spacial score (nSPS) is 26.9. The van der Waals surface area contributed by atoms with Crippen molar-refractivity contribution < 1.29 is 9.53 Å². The van der Waals surface area contributed by atoms with Gasteiger partial charge >= 0.3 is 0 Å². The second-order valence-corrected chi connectivity index (χ2v) is 7.81. The quantitative estimate of drug-likeness (QED) is 0.865. The number of methoxy groups -OCH3 is 1. The van der Waals surface area contributed by atoms with E-state index in [0.717, 1.165) is 31.0 Å². The van der Waals surface area contributed by atoms with Crippen LogP contribution in [-0.4, -0.2) is 48.1 Å². The number of amides is 1. The van der Waals surface area contributed by atoms with Gasteiger partial charge in [0.15, 0.2) is 0 Å². The number of pyridine rings is 1.